The van der Waals surface area contributed by atoms with E-state index in [4.69, 9.17) is 0 Å². The topological polar surface area (TPSA) is 49.4 Å². The molecule has 2 aliphatic rings. The second-order valence-electron chi connectivity index (χ2n) is 7.25. The van der Waals surface area contributed by atoms with E-state index in [1.54, 1.807) is 11.3 Å². The van der Waals surface area contributed by atoms with Gasteiger partial charge in [0.1, 0.15) is 0 Å². The monoisotopic (exact) mass is 420 g/mol. The molecule has 3 aromatic rings. The first-order chi connectivity index (χ1) is 14.2. The normalized spacial score (nSPS) is 20.6. The number of anilines is 1. The van der Waals surface area contributed by atoms with Crippen LogP contribution in [-0.4, -0.2) is 28.5 Å². The molecule has 29 heavy (non-hydrogen) atoms. The third kappa shape index (κ3) is 3.47. The number of hydrogen-bond donors (Lipinski definition) is 1. The predicted octanol–water partition coefficient (Wildman–Crippen LogP) is 4.73. The van der Waals surface area contributed by atoms with Crippen molar-refractivity contribution >= 4 is 40.6 Å². The highest BCUT2D eigenvalue weighted by Crippen LogP contribution is 2.40. The Labute approximate surface area is 177 Å². The van der Waals surface area contributed by atoms with Crippen molar-refractivity contribution in [3.8, 4) is 0 Å². The molecular formula is C23H20N2O2S2. The van der Waals surface area contributed by atoms with Crippen LogP contribution in [0.2, 0.25) is 0 Å². The van der Waals surface area contributed by atoms with Gasteiger partial charge in [0.15, 0.2) is 0 Å². The molecule has 0 aliphatic carbocycles. The van der Waals surface area contributed by atoms with Gasteiger partial charge >= 0.3 is 0 Å². The van der Waals surface area contributed by atoms with Crippen LogP contribution in [0, 0.1) is 0 Å². The van der Waals surface area contributed by atoms with E-state index in [-0.39, 0.29) is 24.3 Å². The fourth-order valence-corrected chi connectivity index (χ4v) is 6.09. The number of thiophene rings is 1. The summed E-state index contributed by atoms with van der Waals surface area (Å²) in [6, 6.07) is 20.0. The number of para-hydroxylation sites is 1. The number of hydrogen-bond acceptors (Lipinski definition) is 4. The molecule has 4 nitrogen and oxygen atoms in total. The fourth-order valence-electron chi connectivity index (χ4n) is 4.08. The van der Waals surface area contributed by atoms with E-state index < -0.39 is 5.25 Å². The Balaban J connectivity index is 1.41. The fraction of sp³-hybridized carbons (Fsp3) is 0.217. The first-order valence-electron chi connectivity index (χ1n) is 9.68. The number of benzene rings is 2. The van der Waals surface area contributed by atoms with Gasteiger partial charge in [0.25, 0.3) is 0 Å². The van der Waals surface area contributed by atoms with E-state index in [0.29, 0.717) is 6.54 Å². The van der Waals surface area contributed by atoms with Crippen LogP contribution in [0.25, 0.3) is 0 Å². The molecule has 1 aromatic heterocycles. The summed E-state index contributed by atoms with van der Waals surface area (Å²) in [4.78, 5) is 30.3. The zero-order valence-electron chi connectivity index (χ0n) is 15.7. The minimum Gasteiger partial charge on any atom is -0.331 e. The van der Waals surface area contributed by atoms with Crippen LogP contribution in [0.4, 0.5) is 5.69 Å². The maximum atomic E-state index is 13.4. The van der Waals surface area contributed by atoms with Gasteiger partial charge in [0.05, 0.1) is 17.0 Å². The Morgan fingerprint density at radius 3 is 2.72 bits per heavy atom. The van der Waals surface area contributed by atoms with Crippen molar-refractivity contribution in [1.29, 1.82) is 0 Å². The molecule has 146 valence electrons. The standard InChI is InChI=1S/C23H20N2O2S2/c26-21(14-20-23(27)24-17-8-4-5-9-19(17)29-20)25-12-10-18-16(11-13-28-18)22(25)15-6-2-1-3-7-15/h1-9,11,13,20,22H,10,12,14H2,(H,24,27). The lowest BCUT2D eigenvalue weighted by Gasteiger charge is -2.37. The highest BCUT2D eigenvalue weighted by molar-refractivity contribution is 8.01. The molecular weight excluding hydrogens is 400 g/mol. The van der Waals surface area contributed by atoms with Gasteiger partial charge in [-0.15, -0.1) is 23.1 Å². The smallest absolute Gasteiger partial charge is 0.238 e. The van der Waals surface area contributed by atoms with Crippen molar-refractivity contribution in [2.45, 2.75) is 29.0 Å². The Kier molecular flexibility index (Phi) is 4.89. The number of amides is 2. The van der Waals surface area contributed by atoms with Crippen LogP contribution in [0.15, 0.2) is 70.9 Å². The predicted molar refractivity (Wildman–Crippen MR) is 117 cm³/mol. The van der Waals surface area contributed by atoms with Gasteiger partial charge in [-0.1, -0.05) is 42.5 Å². The summed E-state index contributed by atoms with van der Waals surface area (Å²) in [5.41, 5.74) is 3.16. The van der Waals surface area contributed by atoms with Crippen LogP contribution in [-0.2, 0) is 16.0 Å². The lowest BCUT2D eigenvalue weighted by atomic mass is 9.93. The lowest BCUT2D eigenvalue weighted by molar-refractivity contribution is -0.134. The van der Waals surface area contributed by atoms with Crippen LogP contribution >= 0.6 is 23.1 Å². The molecule has 0 fully saturated rings. The minimum atomic E-state index is -0.405. The average molecular weight is 421 g/mol. The average Bonchev–Trinajstić information content (AvgIpc) is 3.23. The molecule has 2 unspecified atom stereocenters. The molecule has 3 heterocycles. The largest absolute Gasteiger partial charge is 0.331 e. The van der Waals surface area contributed by atoms with Crippen molar-refractivity contribution < 1.29 is 9.59 Å². The number of carbonyl (C=O) groups is 2. The second kappa shape index (κ2) is 7.69. The lowest BCUT2D eigenvalue weighted by Crippen LogP contribution is -2.42. The molecule has 2 aromatic carbocycles. The Morgan fingerprint density at radius 1 is 1.07 bits per heavy atom. The zero-order chi connectivity index (χ0) is 19.8. The SMILES string of the molecule is O=C1Nc2ccccc2SC1CC(=O)N1CCc2sccc2C1c1ccccc1. The van der Waals surface area contributed by atoms with Crippen LogP contribution in [0.5, 0.6) is 0 Å². The first-order valence-corrected chi connectivity index (χ1v) is 11.4. The molecule has 2 aliphatic heterocycles. The van der Waals surface area contributed by atoms with Crippen molar-refractivity contribution in [2.24, 2.45) is 0 Å². The van der Waals surface area contributed by atoms with Crippen molar-refractivity contribution in [3.63, 3.8) is 0 Å². The summed E-state index contributed by atoms with van der Waals surface area (Å²) in [6.45, 7) is 0.682. The Hall–Kier alpha value is -2.57. The summed E-state index contributed by atoms with van der Waals surface area (Å²) in [5, 5.41) is 4.65. The first kappa shape index (κ1) is 18.5. The molecule has 1 N–H and O–H groups in total. The number of carbonyl (C=O) groups excluding carboxylic acids is 2. The molecule has 0 saturated carbocycles. The number of fused-ring (bicyclic) bond motifs is 2. The molecule has 2 atom stereocenters. The number of thioether (sulfide) groups is 1. The maximum Gasteiger partial charge on any atom is 0.238 e. The van der Waals surface area contributed by atoms with Crippen molar-refractivity contribution in [1.82, 2.24) is 4.90 Å². The van der Waals surface area contributed by atoms with E-state index in [2.05, 4.69) is 28.9 Å². The van der Waals surface area contributed by atoms with E-state index in [9.17, 15) is 9.59 Å². The number of nitrogens with zero attached hydrogens (tertiary/aromatic N) is 1. The molecule has 0 radical (unpaired) electrons. The summed E-state index contributed by atoms with van der Waals surface area (Å²) >= 11 is 3.24. The van der Waals surface area contributed by atoms with Crippen LogP contribution in [0.3, 0.4) is 0 Å². The molecule has 2 amide bonds. The second-order valence-corrected chi connectivity index (χ2v) is 9.49. The number of nitrogens with one attached hydrogen (secondary N) is 1. The summed E-state index contributed by atoms with van der Waals surface area (Å²) in [6.07, 6.45) is 1.07. The maximum absolute atomic E-state index is 13.4. The van der Waals surface area contributed by atoms with Crippen LogP contribution < -0.4 is 5.32 Å². The van der Waals surface area contributed by atoms with Gasteiger partial charge in [0, 0.05) is 22.7 Å². The van der Waals surface area contributed by atoms with Gasteiger partial charge in [0.2, 0.25) is 11.8 Å². The van der Waals surface area contributed by atoms with Gasteiger partial charge in [-0.25, -0.2) is 0 Å². The third-order valence-corrected chi connectivity index (χ3v) is 7.74. The highest BCUT2D eigenvalue weighted by Gasteiger charge is 2.36. The van der Waals surface area contributed by atoms with Gasteiger partial charge in [-0.3, -0.25) is 9.59 Å². The van der Waals surface area contributed by atoms with Crippen molar-refractivity contribution in [2.75, 3.05) is 11.9 Å². The molecule has 6 heteroatoms. The third-order valence-electron chi connectivity index (χ3n) is 5.47. The van der Waals surface area contributed by atoms with Crippen LogP contribution in [0.1, 0.15) is 28.5 Å². The molecule has 0 saturated heterocycles. The minimum absolute atomic E-state index is 0.0303. The molecule has 5 rings (SSSR count). The molecule has 0 spiro atoms. The van der Waals surface area contributed by atoms with Gasteiger partial charge in [-0.05, 0) is 41.1 Å². The zero-order valence-corrected chi connectivity index (χ0v) is 17.3. The van der Waals surface area contributed by atoms with E-state index in [1.165, 1.54) is 22.2 Å². The Bertz CT molecular complexity index is 1060. The Morgan fingerprint density at radius 2 is 1.86 bits per heavy atom. The van der Waals surface area contributed by atoms with Crippen molar-refractivity contribution in [3.05, 3.63) is 82.0 Å². The quantitative estimate of drug-likeness (QED) is 0.667. The number of rotatable bonds is 3. The van der Waals surface area contributed by atoms with E-state index in [0.717, 1.165) is 22.6 Å². The van der Waals surface area contributed by atoms with E-state index >= 15 is 0 Å². The van der Waals surface area contributed by atoms with Gasteiger partial charge < -0.3 is 10.2 Å². The summed E-state index contributed by atoms with van der Waals surface area (Å²) < 4.78 is 0. The highest BCUT2D eigenvalue weighted by atomic mass is 32.2. The molecule has 0 bridgehead atoms. The van der Waals surface area contributed by atoms with E-state index in [1.807, 2.05) is 47.4 Å². The van der Waals surface area contributed by atoms with Gasteiger partial charge in [-0.2, -0.15) is 0 Å². The summed E-state index contributed by atoms with van der Waals surface area (Å²) in [7, 11) is 0. The summed E-state index contributed by atoms with van der Waals surface area (Å²) in [5.74, 6) is -0.0609.